The molecular weight excluding hydrogens is 280 g/mol. The number of nitrogens with zero attached hydrogens (tertiary/aromatic N) is 1. The first-order chi connectivity index (χ1) is 9.99. The molecule has 1 rings (SSSR count). The van der Waals surface area contributed by atoms with Gasteiger partial charge in [0.05, 0.1) is 0 Å². The molecule has 3 nitrogen and oxygen atoms in total. The molecule has 0 aromatic heterocycles. The molecule has 0 saturated heterocycles. The maximum Gasteiger partial charge on any atom is 0.251 e. The van der Waals surface area contributed by atoms with Crippen LogP contribution in [0.15, 0.2) is 24.3 Å². The Morgan fingerprint density at radius 1 is 1.38 bits per heavy atom. The van der Waals surface area contributed by atoms with Crippen molar-refractivity contribution < 1.29 is 4.79 Å². The zero-order valence-electron chi connectivity index (χ0n) is 13.3. The predicted molar refractivity (Wildman–Crippen MR) is 91.3 cm³/mol. The minimum Gasteiger partial charge on any atom is -0.350 e. The predicted octanol–water partition coefficient (Wildman–Crippen LogP) is 3.17. The molecular formula is C17H24N2OS. The summed E-state index contributed by atoms with van der Waals surface area (Å²) >= 11 is 1.80. The average molecular weight is 304 g/mol. The zero-order valence-corrected chi connectivity index (χ0v) is 14.1. The lowest BCUT2D eigenvalue weighted by Crippen LogP contribution is -2.30. The fourth-order valence-electron chi connectivity index (χ4n) is 1.66. The fourth-order valence-corrected chi connectivity index (χ4v) is 2.29. The highest BCUT2D eigenvalue weighted by Crippen LogP contribution is 2.07. The van der Waals surface area contributed by atoms with Crippen molar-refractivity contribution in [2.24, 2.45) is 0 Å². The van der Waals surface area contributed by atoms with Gasteiger partial charge >= 0.3 is 0 Å². The van der Waals surface area contributed by atoms with E-state index in [-0.39, 0.29) is 11.9 Å². The van der Waals surface area contributed by atoms with Crippen LogP contribution < -0.4 is 5.32 Å². The number of benzene rings is 1. The van der Waals surface area contributed by atoms with Gasteiger partial charge in [0.2, 0.25) is 0 Å². The van der Waals surface area contributed by atoms with E-state index in [2.05, 4.69) is 21.5 Å². The number of nitrogens with one attached hydrogen (secondary N) is 1. The van der Waals surface area contributed by atoms with Gasteiger partial charge in [0, 0.05) is 29.3 Å². The molecule has 4 heteroatoms. The number of carbonyl (C=O) groups excluding carboxylic acids is 1. The largest absolute Gasteiger partial charge is 0.350 e. The Labute approximate surface area is 132 Å². The van der Waals surface area contributed by atoms with Crippen LogP contribution >= 0.6 is 11.9 Å². The molecule has 0 heterocycles. The van der Waals surface area contributed by atoms with Crippen LogP contribution in [0.1, 0.15) is 42.6 Å². The molecule has 0 unspecified atom stereocenters. The number of unbranched alkanes of at least 4 members (excludes halogenated alkanes) is 1. The van der Waals surface area contributed by atoms with Crippen LogP contribution in [0.5, 0.6) is 0 Å². The van der Waals surface area contributed by atoms with E-state index < -0.39 is 0 Å². The summed E-state index contributed by atoms with van der Waals surface area (Å²) in [6, 6.07) is 7.62. The van der Waals surface area contributed by atoms with Gasteiger partial charge in [0.1, 0.15) is 0 Å². The van der Waals surface area contributed by atoms with Gasteiger partial charge in [0.25, 0.3) is 5.91 Å². The number of carbonyl (C=O) groups is 1. The molecule has 1 amide bonds. The summed E-state index contributed by atoms with van der Waals surface area (Å²) in [5.74, 6) is 7.33. The van der Waals surface area contributed by atoms with Crippen molar-refractivity contribution in [2.45, 2.75) is 32.7 Å². The lowest BCUT2D eigenvalue weighted by atomic mass is 10.1. The normalized spacial score (nSPS) is 10.4. The maximum atomic E-state index is 11.9. The molecule has 0 aliphatic heterocycles. The van der Waals surface area contributed by atoms with Crippen molar-refractivity contribution in [3.05, 3.63) is 35.4 Å². The third-order valence-corrected chi connectivity index (χ3v) is 3.56. The molecule has 0 aliphatic carbocycles. The van der Waals surface area contributed by atoms with Crippen LogP contribution in [-0.4, -0.2) is 36.1 Å². The number of hydrogen-bond acceptors (Lipinski definition) is 3. The second-order valence-corrected chi connectivity index (χ2v) is 6.66. The molecule has 0 aliphatic rings. The Kier molecular flexibility index (Phi) is 7.96. The van der Waals surface area contributed by atoms with Crippen LogP contribution in [0.25, 0.3) is 0 Å². The van der Waals surface area contributed by atoms with Crippen molar-refractivity contribution in [2.75, 3.05) is 19.8 Å². The van der Waals surface area contributed by atoms with E-state index in [1.54, 1.807) is 11.9 Å². The lowest BCUT2D eigenvalue weighted by Gasteiger charge is -2.08. The van der Waals surface area contributed by atoms with Crippen molar-refractivity contribution in [1.29, 1.82) is 0 Å². The molecule has 1 N–H and O–H groups in total. The lowest BCUT2D eigenvalue weighted by molar-refractivity contribution is 0.0943. The summed E-state index contributed by atoms with van der Waals surface area (Å²) in [6.07, 6.45) is 1.95. The Bertz CT molecular complexity index is 515. The topological polar surface area (TPSA) is 32.3 Å². The van der Waals surface area contributed by atoms with E-state index in [1.807, 2.05) is 52.2 Å². The molecule has 1 aromatic rings. The molecule has 0 radical (unpaired) electrons. The summed E-state index contributed by atoms with van der Waals surface area (Å²) in [4.78, 5) is 11.9. The SMILES string of the molecule is CC(C)NC(=O)c1cccc(C#CCCCSN(C)C)c1. The monoisotopic (exact) mass is 304 g/mol. The standard InChI is InChI=1S/C17H24N2OS/c1-14(2)18-17(20)16-11-8-10-15(13-16)9-6-5-7-12-21-19(3)4/h8,10-11,13-14H,5,7,12H2,1-4H3,(H,18,20). The minimum absolute atomic E-state index is 0.0453. The molecule has 0 spiro atoms. The summed E-state index contributed by atoms with van der Waals surface area (Å²) in [5.41, 5.74) is 1.56. The average Bonchev–Trinajstić information content (AvgIpc) is 2.42. The number of hydrogen-bond donors (Lipinski definition) is 1. The van der Waals surface area contributed by atoms with Gasteiger partial charge < -0.3 is 5.32 Å². The highest BCUT2D eigenvalue weighted by molar-refractivity contribution is 7.96. The Hall–Kier alpha value is -1.44. The van der Waals surface area contributed by atoms with E-state index in [0.717, 1.165) is 24.2 Å². The van der Waals surface area contributed by atoms with Crippen LogP contribution in [0.2, 0.25) is 0 Å². The third-order valence-electron chi connectivity index (χ3n) is 2.57. The van der Waals surface area contributed by atoms with Gasteiger partial charge in [-0.05, 0) is 52.6 Å². The molecule has 1 aromatic carbocycles. The van der Waals surface area contributed by atoms with E-state index in [1.165, 1.54) is 0 Å². The van der Waals surface area contributed by atoms with Crippen LogP contribution in [0, 0.1) is 11.8 Å². The molecule has 21 heavy (non-hydrogen) atoms. The summed E-state index contributed by atoms with van der Waals surface area (Å²) < 4.78 is 2.10. The van der Waals surface area contributed by atoms with Crippen molar-refractivity contribution in [1.82, 2.24) is 9.62 Å². The highest BCUT2D eigenvalue weighted by Gasteiger charge is 2.06. The fraction of sp³-hybridized carbons (Fsp3) is 0.471. The van der Waals surface area contributed by atoms with Crippen molar-refractivity contribution in [3.8, 4) is 11.8 Å². The molecule has 0 fully saturated rings. The molecule has 0 bridgehead atoms. The molecule has 0 saturated carbocycles. The summed E-state index contributed by atoms with van der Waals surface area (Å²) in [6.45, 7) is 3.90. The van der Waals surface area contributed by atoms with Crippen LogP contribution in [0.3, 0.4) is 0 Å². The second kappa shape index (κ2) is 9.49. The summed E-state index contributed by atoms with van der Waals surface area (Å²) in [7, 11) is 4.09. The van der Waals surface area contributed by atoms with Gasteiger partial charge in [0.15, 0.2) is 0 Å². The summed E-state index contributed by atoms with van der Waals surface area (Å²) in [5, 5.41) is 2.89. The smallest absolute Gasteiger partial charge is 0.251 e. The maximum absolute atomic E-state index is 11.9. The third kappa shape index (κ3) is 7.79. The quantitative estimate of drug-likeness (QED) is 0.498. The Balaban J connectivity index is 2.51. The van der Waals surface area contributed by atoms with E-state index in [4.69, 9.17) is 0 Å². The van der Waals surface area contributed by atoms with Crippen LogP contribution in [0.4, 0.5) is 0 Å². The first kappa shape index (κ1) is 17.6. The number of amides is 1. The van der Waals surface area contributed by atoms with Gasteiger partial charge in [-0.15, -0.1) is 0 Å². The zero-order chi connectivity index (χ0) is 15.7. The Morgan fingerprint density at radius 3 is 2.81 bits per heavy atom. The van der Waals surface area contributed by atoms with Crippen molar-refractivity contribution >= 4 is 17.9 Å². The molecule has 0 atom stereocenters. The second-order valence-electron chi connectivity index (χ2n) is 5.26. The number of rotatable bonds is 6. The first-order valence-electron chi connectivity index (χ1n) is 7.19. The van der Waals surface area contributed by atoms with Gasteiger partial charge in [-0.1, -0.05) is 29.9 Å². The molecule has 114 valence electrons. The van der Waals surface area contributed by atoms with E-state index >= 15 is 0 Å². The highest BCUT2D eigenvalue weighted by atomic mass is 32.2. The van der Waals surface area contributed by atoms with E-state index in [9.17, 15) is 4.79 Å². The first-order valence-corrected chi connectivity index (χ1v) is 8.13. The minimum atomic E-state index is -0.0453. The Morgan fingerprint density at radius 2 is 2.14 bits per heavy atom. The van der Waals surface area contributed by atoms with Gasteiger partial charge in [-0.2, -0.15) is 0 Å². The van der Waals surface area contributed by atoms with Gasteiger partial charge in [-0.25, -0.2) is 0 Å². The van der Waals surface area contributed by atoms with E-state index in [0.29, 0.717) is 5.56 Å². The van der Waals surface area contributed by atoms with Gasteiger partial charge in [-0.3, -0.25) is 9.10 Å². The van der Waals surface area contributed by atoms with Crippen LogP contribution in [-0.2, 0) is 0 Å². The van der Waals surface area contributed by atoms with Crippen molar-refractivity contribution in [3.63, 3.8) is 0 Å².